The highest BCUT2D eigenvalue weighted by molar-refractivity contribution is 5.83. The smallest absolute Gasteiger partial charge is 0.0256 e. The van der Waals surface area contributed by atoms with E-state index < -0.39 is 0 Å². The van der Waals surface area contributed by atoms with Gasteiger partial charge >= 0.3 is 0 Å². The SMILES string of the molecule is C=C/C=C(/C=N)C(=C)C=C. The van der Waals surface area contributed by atoms with Gasteiger partial charge < -0.3 is 5.41 Å². The summed E-state index contributed by atoms with van der Waals surface area (Å²) in [5, 5.41) is 6.95. The number of hydrogen-bond acceptors (Lipinski definition) is 1. The second-order valence-corrected chi connectivity index (χ2v) is 1.73. The Labute approximate surface area is 61.6 Å². The van der Waals surface area contributed by atoms with Crippen molar-refractivity contribution < 1.29 is 0 Å². The molecule has 0 aliphatic carbocycles. The molecule has 0 atom stereocenters. The van der Waals surface area contributed by atoms with Gasteiger partial charge in [0.25, 0.3) is 0 Å². The third kappa shape index (κ3) is 2.27. The van der Waals surface area contributed by atoms with E-state index in [1.54, 1.807) is 18.2 Å². The van der Waals surface area contributed by atoms with Crippen molar-refractivity contribution in [1.29, 1.82) is 5.41 Å². The number of allylic oxidation sites excluding steroid dienone is 5. The lowest BCUT2D eigenvalue weighted by molar-refractivity contribution is 1.53. The lowest BCUT2D eigenvalue weighted by atomic mass is 10.1. The molecule has 0 radical (unpaired) electrons. The molecule has 0 unspecified atom stereocenters. The van der Waals surface area contributed by atoms with Crippen LogP contribution in [0.15, 0.2) is 49.1 Å². The van der Waals surface area contributed by atoms with Crippen LogP contribution in [0.25, 0.3) is 0 Å². The third-order valence-electron chi connectivity index (χ3n) is 1.07. The normalized spacial score (nSPS) is 10.2. The maximum atomic E-state index is 6.95. The molecule has 0 fully saturated rings. The van der Waals surface area contributed by atoms with Gasteiger partial charge in [0.15, 0.2) is 0 Å². The van der Waals surface area contributed by atoms with Crippen molar-refractivity contribution in [3.63, 3.8) is 0 Å². The molecule has 0 aromatic carbocycles. The zero-order valence-electron chi connectivity index (χ0n) is 5.93. The Bertz CT molecular complexity index is 197. The Hall–Kier alpha value is -1.37. The van der Waals surface area contributed by atoms with Crippen LogP contribution >= 0.6 is 0 Å². The van der Waals surface area contributed by atoms with Gasteiger partial charge in [-0.15, -0.1) is 0 Å². The Balaban J connectivity index is 4.49. The summed E-state index contributed by atoms with van der Waals surface area (Å²) >= 11 is 0. The first-order chi connectivity index (χ1) is 4.76. The highest BCUT2D eigenvalue weighted by Gasteiger charge is 1.90. The van der Waals surface area contributed by atoms with E-state index >= 15 is 0 Å². The van der Waals surface area contributed by atoms with Crippen molar-refractivity contribution in [3.8, 4) is 0 Å². The fourth-order valence-electron chi connectivity index (χ4n) is 0.493. The van der Waals surface area contributed by atoms with Crippen molar-refractivity contribution in [3.05, 3.63) is 49.1 Å². The molecule has 0 aromatic rings. The zero-order chi connectivity index (χ0) is 7.98. The Morgan fingerprint density at radius 3 is 2.20 bits per heavy atom. The number of nitrogens with one attached hydrogen (secondary N) is 1. The average Bonchev–Trinajstić information content (AvgIpc) is 1.99. The molecular formula is C9H11N. The van der Waals surface area contributed by atoms with Crippen LogP contribution in [0.2, 0.25) is 0 Å². The van der Waals surface area contributed by atoms with Crippen molar-refractivity contribution in [2.75, 3.05) is 0 Å². The van der Waals surface area contributed by atoms with Gasteiger partial charge in [0.05, 0.1) is 0 Å². The van der Waals surface area contributed by atoms with Crippen LogP contribution in [-0.4, -0.2) is 6.21 Å². The van der Waals surface area contributed by atoms with Crippen molar-refractivity contribution in [2.24, 2.45) is 0 Å². The number of hydrogen-bond donors (Lipinski definition) is 1. The molecule has 0 heterocycles. The fraction of sp³-hybridized carbons (Fsp3) is 0. The predicted molar refractivity (Wildman–Crippen MR) is 46.4 cm³/mol. The second-order valence-electron chi connectivity index (χ2n) is 1.73. The molecule has 0 aliphatic rings. The first kappa shape index (κ1) is 8.63. The molecule has 52 valence electrons. The van der Waals surface area contributed by atoms with E-state index in [0.29, 0.717) is 0 Å². The van der Waals surface area contributed by atoms with Crippen LogP contribution in [0.5, 0.6) is 0 Å². The summed E-state index contributed by atoms with van der Waals surface area (Å²) in [5.41, 5.74) is 1.49. The first-order valence-corrected chi connectivity index (χ1v) is 2.91. The molecule has 0 rings (SSSR count). The van der Waals surface area contributed by atoms with Crippen LogP contribution in [-0.2, 0) is 0 Å². The molecule has 1 N–H and O–H groups in total. The summed E-state index contributed by atoms with van der Waals surface area (Å²) in [5.74, 6) is 0. The molecule has 0 aromatic heterocycles. The quantitative estimate of drug-likeness (QED) is 0.450. The maximum absolute atomic E-state index is 6.95. The summed E-state index contributed by atoms with van der Waals surface area (Å²) in [6.07, 6.45) is 6.18. The van der Waals surface area contributed by atoms with Gasteiger partial charge in [0.2, 0.25) is 0 Å². The minimum atomic E-state index is 0.741. The lowest BCUT2D eigenvalue weighted by Crippen LogP contribution is -1.83. The average molecular weight is 133 g/mol. The topological polar surface area (TPSA) is 23.9 Å². The Kier molecular flexibility index (Phi) is 3.89. The largest absolute Gasteiger partial charge is 0.308 e. The molecule has 0 saturated carbocycles. The van der Waals surface area contributed by atoms with Gasteiger partial charge in [-0.2, -0.15) is 0 Å². The van der Waals surface area contributed by atoms with E-state index in [9.17, 15) is 0 Å². The summed E-state index contributed by atoms with van der Waals surface area (Å²) in [7, 11) is 0. The van der Waals surface area contributed by atoms with Gasteiger partial charge in [-0.05, 0) is 11.1 Å². The molecule has 1 nitrogen and oxygen atoms in total. The Morgan fingerprint density at radius 2 is 1.90 bits per heavy atom. The molecule has 0 bridgehead atoms. The molecule has 10 heavy (non-hydrogen) atoms. The van der Waals surface area contributed by atoms with Gasteiger partial charge in [0, 0.05) is 6.21 Å². The highest BCUT2D eigenvalue weighted by Crippen LogP contribution is 2.04. The van der Waals surface area contributed by atoms with Crippen molar-refractivity contribution in [1.82, 2.24) is 0 Å². The maximum Gasteiger partial charge on any atom is 0.0256 e. The van der Waals surface area contributed by atoms with E-state index in [1.165, 1.54) is 6.21 Å². The third-order valence-corrected chi connectivity index (χ3v) is 1.07. The monoisotopic (exact) mass is 133 g/mol. The summed E-state index contributed by atoms with van der Waals surface area (Å²) in [4.78, 5) is 0. The van der Waals surface area contributed by atoms with Gasteiger partial charge in [-0.25, -0.2) is 0 Å². The van der Waals surface area contributed by atoms with Crippen LogP contribution in [0.4, 0.5) is 0 Å². The fourth-order valence-corrected chi connectivity index (χ4v) is 0.493. The van der Waals surface area contributed by atoms with Crippen LogP contribution in [0, 0.1) is 5.41 Å². The molecular weight excluding hydrogens is 122 g/mol. The van der Waals surface area contributed by atoms with Crippen molar-refractivity contribution in [2.45, 2.75) is 0 Å². The predicted octanol–water partition coefficient (Wildman–Crippen LogP) is 2.49. The Morgan fingerprint density at radius 1 is 1.30 bits per heavy atom. The lowest BCUT2D eigenvalue weighted by Gasteiger charge is -1.95. The summed E-state index contributed by atoms with van der Waals surface area (Å²) < 4.78 is 0. The molecule has 0 aliphatic heterocycles. The van der Waals surface area contributed by atoms with Crippen LogP contribution < -0.4 is 0 Å². The van der Waals surface area contributed by atoms with Crippen LogP contribution in [0.1, 0.15) is 0 Å². The van der Waals surface area contributed by atoms with E-state index in [1.807, 2.05) is 0 Å². The standard InChI is InChI=1S/C9H11N/c1-4-6-9(7-10)8(3)5-2/h4-7,10H,1-3H2/b9-6-,10-7?. The molecule has 0 saturated heterocycles. The van der Waals surface area contributed by atoms with E-state index in [0.717, 1.165) is 11.1 Å². The van der Waals surface area contributed by atoms with Gasteiger partial charge in [-0.3, -0.25) is 0 Å². The van der Waals surface area contributed by atoms with Crippen molar-refractivity contribution >= 4 is 6.21 Å². The second kappa shape index (κ2) is 4.50. The molecule has 0 spiro atoms. The highest BCUT2D eigenvalue weighted by atomic mass is 14.3. The molecule has 0 amide bonds. The first-order valence-electron chi connectivity index (χ1n) is 2.91. The minimum Gasteiger partial charge on any atom is -0.308 e. The molecule has 1 heteroatoms. The van der Waals surface area contributed by atoms with Crippen LogP contribution in [0.3, 0.4) is 0 Å². The van der Waals surface area contributed by atoms with Gasteiger partial charge in [-0.1, -0.05) is 38.0 Å². The summed E-state index contributed by atoms with van der Waals surface area (Å²) in [6, 6.07) is 0. The van der Waals surface area contributed by atoms with E-state index in [4.69, 9.17) is 5.41 Å². The van der Waals surface area contributed by atoms with Gasteiger partial charge in [0.1, 0.15) is 0 Å². The zero-order valence-corrected chi connectivity index (χ0v) is 5.93. The summed E-state index contributed by atoms with van der Waals surface area (Å²) in [6.45, 7) is 10.7. The minimum absolute atomic E-state index is 0.741. The van der Waals surface area contributed by atoms with E-state index in [2.05, 4.69) is 19.7 Å². The number of rotatable bonds is 4. The van der Waals surface area contributed by atoms with E-state index in [-0.39, 0.29) is 0 Å².